The molecular weight excluding hydrogens is 176 g/mol. The van der Waals surface area contributed by atoms with Gasteiger partial charge >= 0.3 is 5.97 Å². The van der Waals surface area contributed by atoms with E-state index in [2.05, 4.69) is 6.58 Å². The second-order valence-electron chi connectivity index (χ2n) is 2.98. The number of esters is 1. The summed E-state index contributed by atoms with van der Waals surface area (Å²) in [5, 5.41) is 0. The van der Waals surface area contributed by atoms with Crippen LogP contribution in [0.5, 0.6) is 0 Å². The molecule has 0 aromatic heterocycles. The van der Waals surface area contributed by atoms with Crippen LogP contribution < -0.4 is 0 Å². The lowest BCUT2D eigenvalue weighted by molar-refractivity contribution is -0.143. The van der Waals surface area contributed by atoms with Gasteiger partial charge in [-0.2, -0.15) is 0 Å². The van der Waals surface area contributed by atoms with Crippen LogP contribution >= 0.6 is 0 Å². The molecule has 0 saturated carbocycles. The average molecular weight is 194 g/mol. The molecule has 0 aromatic rings. The van der Waals surface area contributed by atoms with E-state index in [9.17, 15) is 4.79 Å². The van der Waals surface area contributed by atoms with Gasteiger partial charge in [0.15, 0.2) is 0 Å². The van der Waals surface area contributed by atoms with Crippen LogP contribution in [0.25, 0.3) is 0 Å². The fourth-order valence-electron chi connectivity index (χ4n) is 0.753. The number of allylic oxidation sites excluding steroid dienone is 3. The van der Waals surface area contributed by atoms with Gasteiger partial charge in [0.25, 0.3) is 0 Å². The van der Waals surface area contributed by atoms with Gasteiger partial charge in [-0.1, -0.05) is 31.7 Å². The molecule has 0 aliphatic rings. The molecule has 0 rings (SSSR count). The van der Waals surface area contributed by atoms with Crippen LogP contribution in [0, 0.1) is 0 Å². The molecule has 14 heavy (non-hydrogen) atoms. The maximum absolute atomic E-state index is 11.5. The van der Waals surface area contributed by atoms with Gasteiger partial charge in [-0.3, -0.25) is 0 Å². The van der Waals surface area contributed by atoms with Crippen molar-refractivity contribution in [3.8, 4) is 0 Å². The van der Waals surface area contributed by atoms with Crippen LogP contribution in [0.15, 0.2) is 36.5 Å². The van der Waals surface area contributed by atoms with Gasteiger partial charge in [-0.25, -0.2) is 4.79 Å². The molecule has 0 heterocycles. The van der Waals surface area contributed by atoms with Gasteiger partial charge < -0.3 is 4.74 Å². The smallest absolute Gasteiger partial charge is 0.338 e. The zero-order chi connectivity index (χ0) is 11.0. The highest BCUT2D eigenvalue weighted by molar-refractivity contribution is 5.91. The van der Waals surface area contributed by atoms with Crippen LogP contribution in [-0.2, 0) is 9.53 Å². The van der Waals surface area contributed by atoms with Crippen molar-refractivity contribution in [1.82, 2.24) is 0 Å². The molecule has 78 valence electrons. The van der Waals surface area contributed by atoms with Crippen LogP contribution in [0.4, 0.5) is 0 Å². The number of hydrogen-bond donors (Lipinski definition) is 0. The summed E-state index contributed by atoms with van der Waals surface area (Å²) in [6.07, 6.45) is 7.60. The van der Waals surface area contributed by atoms with E-state index in [1.165, 1.54) is 6.08 Å². The molecule has 0 aromatic carbocycles. The normalized spacial score (nSPS) is 14.1. The molecule has 0 N–H and O–H groups in total. The summed E-state index contributed by atoms with van der Waals surface area (Å²) >= 11 is 0. The third kappa shape index (κ3) is 4.65. The molecule has 0 bridgehead atoms. The Bertz CT molecular complexity index is 249. The van der Waals surface area contributed by atoms with E-state index in [1.807, 2.05) is 26.8 Å². The quantitative estimate of drug-likeness (QED) is 0.382. The lowest BCUT2D eigenvalue weighted by Crippen LogP contribution is -2.14. The maximum atomic E-state index is 11.5. The van der Waals surface area contributed by atoms with Gasteiger partial charge in [0, 0.05) is 0 Å². The number of carbonyl (C=O) groups excluding carboxylic acids is 1. The zero-order valence-electron chi connectivity index (χ0n) is 9.12. The molecule has 0 amide bonds. The topological polar surface area (TPSA) is 26.3 Å². The molecule has 0 spiro atoms. The van der Waals surface area contributed by atoms with E-state index in [-0.39, 0.29) is 12.1 Å². The molecular formula is C12H18O2. The van der Waals surface area contributed by atoms with Crippen molar-refractivity contribution >= 4 is 5.97 Å². The first-order chi connectivity index (χ1) is 6.65. The second kappa shape index (κ2) is 7.13. The van der Waals surface area contributed by atoms with Gasteiger partial charge in [0.2, 0.25) is 0 Å². The van der Waals surface area contributed by atoms with Crippen molar-refractivity contribution in [1.29, 1.82) is 0 Å². The summed E-state index contributed by atoms with van der Waals surface area (Å²) in [4.78, 5) is 11.5. The van der Waals surface area contributed by atoms with Crippen molar-refractivity contribution in [3.63, 3.8) is 0 Å². The van der Waals surface area contributed by atoms with Crippen LogP contribution in [0.3, 0.4) is 0 Å². The Morgan fingerprint density at radius 3 is 2.64 bits per heavy atom. The predicted octanol–water partition coefficient (Wildman–Crippen LogP) is 3.02. The number of hydrogen-bond acceptors (Lipinski definition) is 2. The molecule has 2 nitrogen and oxygen atoms in total. The molecule has 0 aliphatic carbocycles. The Labute approximate surface area is 86.0 Å². The monoisotopic (exact) mass is 194 g/mol. The van der Waals surface area contributed by atoms with Crippen molar-refractivity contribution in [3.05, 3.63) is 36.5 Å². The minimum atomic E-state index is -0.313. The summed E-state index contributed by atoms with van der Waals surface area (Å²) in [5.74, 6) is -0.313. The van der Waals surface area contributed by atoms with E-state index >= 15 is 0 Å². The van der Waals surface area contributed by atoms with Crippen molar-refractivity contribution in [2.45, 2.75) is 33.3 Å². The highest BCUT2D eigenvalue weighted by Gasteiger charge is 2.09. The van der Waals surface area contributed by atoms with E-state index in [4.69, 9.17) is 4.74 Å². The minimum absolute atomic E-state index is 0.0449. The van der Waals surface area contributed by atoms with Crippen LogP contribution in [0.2, 0.25) is 0 Å². The van der Waals surface area contributed by atoms with Crippen molar-refractivity contribution in [2.24, 2.45) is 0 Å². The fourth-order valence-corrected chi connectivity index (χ4v) is 0.753. The largest absolute Gasteiger partial charge is 0.459 e. The average Bonchev–Trinajstić information content (AvgIpc) is 2.18. The fraction of sp³-hybridized carbons (Fsp3) is 0.417. The van der Waals surface area contributed by atoms with Gasteiger partial charge in [0.05, 0.1) is 11.7 Å². The standard InChI is InChI=1S/C12H18O2/c1-5-8-9-11(7-3)12(13)14-10(4)6-2/h5,7-10H,3,6H2,1-2,4H3/b8-5-,11-9+. The summed E-state index contributed by atoms with van der Waals surface area (Å²) in [6, 6.07) is 0. The van der Waals surface area contributed by atoms with Gasteiger partial charge in [-0.05, 0) is 26.3 Å². The molecule has 2 heteroatoms. The number of carbonyl (C=O) groups is 1. The van der Waals surface area contributed by atoms with E-state index < -0.39 is 0 Å². The Balaban J connectivity index is 4.39. The summed E-state index contributed by atoms with van der Waals surface area (Å²) in [5.41, 5.74) is 0.489. The van der Waals surface area contributed by atoms with E-state index in [1.54, 1.807) is 12.2 Å². The molecule has 0 fully saturated rings. The third-order valence-corrected chi connectivity index (χ3v) is 1.81. The van der Waals surface area contributed by atoms with Crippen LogP contribution in [0.1, 0.15) is 27.2 Å². The minimum Gasteiger partial charge on any atom is -0.459 e. The molecule has 0 aliphatic heterocycles. The highest BCUT2D eigenvalue weighted by atomic mass is 16.5. The first-order valence-corrected chi connectivity index (χ1v) is 4.82. The summed E-state index contributed by atoms with van der Waals surface area (Å²) in [6.45, 7) is 9.29. The second-order valence-corrected chi connectivity index (χ2v) is 2.98. The van der Waals surface area contributed by atoms with Crippen LogP contribution in [-0.4, -0.2) is 12.1 Å². The lowest BCUT2D eigenvalue weighted by Gasteiger charge is -2.10. The van der Waals surface area contributed by atoms with E-state index in [0.29, 0.717) is 5.57 Å². The molecule has 1 atom stereocenters. The Hall–Kier alpha value is -1.31. The lowest BCUT2D eigenvalue weighted by atomic mass is 10.2. The third-order valence-electron chi connectivity index (χ3n) is 1.81. The van der Waals surface area contributed by atoms with Crippen molar-refractivity contribution < 1.29 is 9.53 Å². The zero-order valence-corrected chi connectivity index (χ0v) is 9.12. The van der Waals surface area contributed by atoms with Gasteiger partial charge in [-0.15, -0.1) is 0 Å². The number of ether oxygens (including phenoxy) is 1. The Morgan fingerprint density at radius 1 is 1.57 bits per heavy atom. The molecule has 1 unspecified atom stereocenters. The predicted molar refractivity (Wildman–Crippen MR) is 58.9 cm³/mol. The Morgan fingerprint density at radius 2 is 2.21 bits per heavy atom. The summed E-state index contributed by atoms with van der Waals surface area (Å²) in [7, 11) is 0. The Kier molecular flexibility index (Phi) is 6.46. The molecule has 0 saturated heterocycles. The van der Waals surface area contributed by atoms with Gasteiger partial charge in [0.1, 0.15) is 0 Å². The number of rotatable bonds is 5. The SMILES string of the molecule is C=C/C(=C\C=C/C)C(=O)OC(C)CC. The summed E-state index contributed by atoms with van der Waals surface area (Å²) < 4.78 is 5.14. The first-order valence-electron chi connectivity index (χ1n) is 4.82. The highest BCUT2D eigenvalue weighted by Crippen LogP contribution is 2.05. The maximum Gasteiger partial charge on any atom is 0.338 e. The first kappa shape index (κ1) is 12.7. The van der Waals surface area contributed by atoms with Crippen molar-refractivity contribution in [2.75, 3.05) is 0 Å². The molecule has 0 radical (unpaired) electrons. The van der Waals surface area contributed by atoms with E-state index in [0.717, 1.165) is 6.42 Å².